The maximum atomic E-state index is 12.8. The molecule has 2 unspecified atom stereocenters. The van der Waals surface area contributed by atoms with Crippen molar-refractivity contribution in [3.63, 3.8) is 0 Å². The average Bonchev–Trinajstić information content (AvgIpc) is 2.75. The Labute approximate surface area is 192 Å². The number of ether oxygens (including phenoxy) is 1. The van der Waals surface area contributed by atoms with E-state index in [1.54, 1.807) is 12.1 Å². The number of carbonyl (C=O) groups is 2. The number of hydrogen-bond acceptors (Lipinski definition) is 4. The van der Waals surface area contributed by atoms with Gasteiger partial charge in [-0.3, -0.25) is 14.5 Å². The smallest absolute Gasteiger partial charge is 0.314 e. The molecule has 1 fully saturated rings. The van der Waals surface area contributed by atoms with Crippen molar-refractivity contribution in [1.29, 1.82) is 0 Å². The summed E-state index contributed by atoms with van der Waals surface area (Å²) in [6.07, 6.45) is -0.246. The lowest BCUT2D eigenvalue weighted by molar-refractivity contribution is -0.145. The van der Waals surface area contributed by atoms with Crippen molar-refractivity contribution in [1.82, 2.24) is 4.90 Å². The maximum Gasteiger partial charge on any atom is 0.314 e. The summed E-state index contributed by atoms with van der Waals surface area (Å²) in [7, 11) is 0. The van der Waals surface area contributed by atoms with Gasteiger partial charge in [0.1, 0.15) is 0 Å². The summed E-state index contributed by atoms with van der Waals surface area (Å²) < 4.78 is 5.42. The Balaban J connectivity index is 1.74. The van der Waals surface area contributed by atoms with Crippen molar-refractivity contribution in [3.8, 4) is 0 Å². The molecule has 0 saturated carbocycles. The van der Waals surface area contributed by atoms with Gasteiger partial charge in [-0.1, -0.05) is 41.4 Å². The van der Waals surface area contributed by atoms with Crippen LogP contribution in [0.1, 0.15) is 37.4 Å². The summed E-state index contributed by atoms with van der Waals surface area (Å²) in [6.45, 7) is 6.77. The first kappa shape index (κ1) is 23.5. The van der Waals surface area contributed by atoms with Gasteiger partial charge in [0.25, 0.3) is 0 Å². The maximum absolute atomic E-state index is 12.8. The second kappa shape index (κ2) is 10.0. The van der Waals surface area contributed by atoms with Gasteiger partial charge < -0.3 is 15.2 Å². The molecule has 0 radical (unpaired) electrons. The second-order valence-corrected chi connectivity index (χ2v) is 8.76. The highest BCUT2D eigenvalue weighted by molar-refractivity contribution is 6.42. The molecule has 166 valence electrons. The van der Waals surface area contributed by atoms with E-state index < -0.39 is 17.3 Å². The Morgan fingerprint density at radius 2 is 1.87 bits per heavy atom. The van der Waals surface area contributed by atoms with Crippen LogP contribution in [0.15, 0.2) is 42.5 Å². The van der Waals surface area contributed by atoms with Gasteiger partial charge in [0, 0.05) is 31.2 Å². The number of aliphatic carboxylic acids is 1. The van der Waals surface area contributed by atoms with Crippen LogP contribution in [0, 0.1) is 0 Å². The van der Waals surface area contributed by atoms with Crippen LogP contribution >= 0.6 is 23.2 Å². The number of carboxylic acids is 1. The minimum absolute atomic E-state index is 0.182. The second-order valence-electron chi connectivity index (χ2n) is 7.94. The van der Waals surface area contributed by atoms with Gasteiger partial charge in [-0.25, -0.2) is 0 Å². The number of carboxylic acid groups (broad SMARTS) is 1. The summed E-state index contributed by atoms with van der Waals surface area (Å²) >= 11 is 12.0. The van der Waals surface area contributed by atoms with Gasteiger partial charge in [-0.2, -0.15) is 0 Å². The lowest BCUT2D eigenvalue weighted by Gasteiger charge is -2.32. The number of amides is 1. The molecule has 8 heteroatoms. The van der Waals surface area contributed by atoms with Crippen molar-refractivity contribution in [2.24, 2.45) is 0 Å². The van der Waals surface area contributed by atoms with Crippen LogP contribution < -0.4 is 5.32 Å². The molecule has 0 aliphatic carbocycles. The Morgan fingerprint density at radius 1 is 1.16 bits per heavy atom. The largest absolute Gasteiger partial charge is 0.481 e. The van der Waals surface area contributed by atoms with E-state index in [1.807, 2.05) is 18.2 Å². The van der Waals surface area contributed by atoms with Crippen LogP contribution in [0.25, 0.3) is 0 Å². The van der Waals surface area contributed by atoms with Crippen LogP contribution in [-0.2, 0) is 19.7 Å². The molecule has 1 heterocycles. The number of nitrogens with zero attached hydrogens (tertiary/aromatic N) is 1. The lowest BCUT2D eigenvalue weighted by atomic mass is 9.79. The molecular formula is C23H26Cl2N2O4. The lowest BCUT2D eigenvalue weighted by Crippen LogP contribution is -2.38. The van der Waals surface area contributed by atoms with Crippen LogP contribution in [0.5, 0.6) is 0 Å². The topological polar surface area (TPSA) is 78.9 Å². The highest BCUT2D eigenvalue weighted by Crippen LogP contribution is 2.33. The summed E-state index contributed by atoms with van der Waals surface area (Å²) in [5.74, 6) is -1.51. The van der Waals surface area contributed by atoms with Gasteiger partial charge in [-0.15, -0.1) is 0 Å². The van der Waals surface area contributed by atoms with Crippen molar-refractivity contribution in [2.45, 2.75) is 31.7 Å². The first-order valence-corrected chi connectivity index (χ1v) is 10.9. The molecule has 31 heavy (non-hydrogen) atoms. The number of morpholine rings is 1. The first-order chi connectivity index (χ1) is 14.7. The van der Waals surface area contributed by atoms with Crippen molar-refractivity contribution < 1.29 is 19.4 Å². The van der Waals surface area contributed by atoms with E-state index in [9.17, 15) is 14.7 Å². The van der Waals surface area contributed by atoms with E-state index in [0.717, 1.165) is 18.7 Å². The SMILES string of the molecule is CC(c1cccc(NC(=O)CC(C)(C(=O)O)c2ccc(Cl)c(Cl)c2)c1)N1CCOCC1. The van der Waals surface area contributed by atoms with E-state index in [-0.39, 0.29) is 17.5 Å². The molecule has 1 aliphatic heterocycles. The van der Waals surface area contributed by atoms with Gasteiger partial charge >= 0.3 is 5.97 Å². The zero-order valence-corrected chi connectivity index (χ0v) is 19.0. The molecule has 1 saturated heterocycles. The highest BCUT2D eigenvalue weighted by atomic mass is 35.5. The predicted octanol–water partition coefficient (Wildman–Crippen LogP) is 4.76. The Kier molecular flexibility index (Phi) is 7.59. The molecule has 0 bridgehead atoms. The third kappa shape index (κ3) is 5.57. The van der Waals surface area contributed by atoms with E-state index in [0.29, 0.717) is 29.5 Å². The van der Waals surface area contributed by atoms with Crippen LogP contribution in [-0.4, -0.2) is 48.2 Å². The summed E-state index contributed by atoms with van der Waals surface area (Å²) in [4.78, 5) is 27.2. The van der Waals surface area contributed by atoms with Crippen molar-refractivity contribution >= 4 is 40.8 Å². The molecule has 1 amide bonds. The highest BCUT2D eigenvalue weighted by Gasteiger charge is 2.38. The average molecular weight is 465 g/mol. The molecule has 0 aromatic heterocycles. The monoisotopic (exact) mass is 464 g/mol. The summed E-state index contributed by atoms with van der Waals surface area (Å²) in [5.41, 5.74) is 0.672. The Hall–Kier alpha value is -2.12. The molecule has 2 aromatic carbocycles. The van der Waals surface area contributed by atoms with E-state index in [2.05, 4.69) is 17.1 Å². The Morgan fingerprint density at radius 3 is 2.52 bits per heavy atom. The molecule has 2 N–H and O–H groups in total. The van der Waals surface area contributed by atoms with Crippen LogP contribution in [0.2, 0.25) is 10.0 Å². The van der Waals surface area contributed by atoms with Gasteiger partial charge in [0.2, 0.25) is 5.91 Å². The predicted molar refractivity (Wildman–Crippen MR) is 122 cm³/mol. The van der Waals surface area contributed by atoms with Crippen molar-refractivity contribution in [2.75, 3.05) is 31.6 Å². The molecule has 0 spiro atoms. The van der Waals surface area contributed by atoms with Gasteiger partial charge in [-0.05, 0) is 49.2 Å². The number of rotatable bonds is 7. The number of nitrogens with one attached hydrogen (secondary N) is 1. The molecule has 6 nitrogen and oxygen atoms in total. The third-order valence-electron chi connectivity index (χ3n) is 5.79. The van der Waals surface area contributed by atoms with E-state index in [4.69, 9.17) is 27.9 Å². The first-order valence-electron chi connectivity index (χ1n) is 10.1. The minimum atomic E-state index is -1.45. The van der Waals surface area contributed by atoms with Crippen molar-refractivity contribution in [3.05, 3.63) is 63.6 Å². The fourth-order valence-electron chi connectivity index (χ4n) is 3.72. The standard InChI is InChI=1S/C23H26Cl2N2O4/c1-15(27-8-10-31-11-9-27)16-4-3-5-18(12-16)26-21(28)14-23(2,22(29)30)17-6-7-19(24)20(25)13-17/h3-7,12-13,15H,8-11,14H2,1-2H3,(H,26,28)(H,29,30). The summed E-state index contributed by atoms with van der Waals surface area (Å²) in [5, 5.41) is 13.3. The fourth-order valence-corrected chi connectivity index (χ4v) is 4.02. The molecule has 1 aliphatic rings. The number of hydrogen-bond donors (Lipinski definition) is 2. The van der Waals surface area contributed by atoms with Crippen LogP contribution in [0.3, 0.4) is 0 Å². The van der Waals surface area contributed by atoms with E-state index >= 15 is 0 Å². The Bertz CT molecular complexity index is 962. The molecular weight excluding hydrogens is 439 g/mol. The number of carbonyl (C=O) groups excluding carboxylic acids is 1. The number of anilines is 1. The number of benzene rings is 2. The van der Waals surface area contributed by atoms with E-state index in [1.165, 1.54) is 19.1 Å². The molecule has 2 aromatic rings. The molecule has 2 atom stereocenters. The minimum Gasteiger partial charge on any atom is -0.481 e. The fraction of sp³-hybridized carbons (Fsp3) is 0.391. The van der Waals surface area contributed by atoms with Crippen LogP contribution in [0.4, 0.5) is 5.69 Å². The zero-order chi connectivity index (χ0) is 22.6. The zero-order valence-electron chi connectivity index (χ0n) is 17.5. The third-order valence-corrected chi connectivity index (χ3v) is 6.53. The summed E-state index contributed by atoms with van der Waals surface area (Å²) in [6, 6.07) is 12.4. The molecule has 3 rings (SSSR count). The quantitative estimate of drug-likeness (QED) is 0.617. The van der Waals surface area contributed by atoms with Gasteiger partial charge in [0.05, 0.1) is 28.7 Å². The van der Waals surface area contributed by atoms with Gasteiger partial charge in [0.15, 0.2) is 0 Å². The normalized spacial score (nSPS) is 17.5. The number of halogens is 2.